The van der Waals surface area contributed by atoms with Crippen LogP contribution in [0.3, 0.4) is 0 Å². The fourth-order valence-electron chi connectivity index (χ4n) is 0.831. The molecular formula is C9H17NNaO5. The maximum atomic E-state index is 11.3. The molecule has 0 bridgehead atoms. The summed E-state index contributed by atoms with van der Waals surface area (Å²) in [6.45, 7) is 2.70. The van der Waals surface area contributed by atoms with Crippen molar-refractivity contribution < 1.29 is 24.9 Å². The number of carboxylic acids is 1. The molecule has 0 rings (SSSR count). The van der Waals surface area contributed by atoms with Gasteiger partial charge in [0, 0.05) is 41.5 Å². The van der Waals surface area contributed by atoms with Gasteiger partial charge in [-0.05, 0) is 0 Å². The zero-order valence-corrected chi connectivity index (χ0v) is 11.9. The Labute approximate surface area is 116 Å². The average Bonchev–Trinajstić information content (AvgIpc) is 2.15. The molecule has 16 heavy (non-hydrogen) atoms. The van der Waals surface area contributed by atoms with Gasteiger partial charge >= 0.3 is 5.97 Å². The van der Waals surface area contributed by atoms with E-state index in [0.717, 1.165) is 0 Å². The zero-order valence-electron chi connectivity index (χ0n) is 9.86. The Bertz CT molecular complexity index is 244. The summed E-state index contributed by atoms with van der Waals surface area (Å²) in [5.41, 5.74) is -0.937. The largest absolute Gasteiger partial charge is 0.481 e. The molecule has 0 aliphatic rings. The fourth-order valence-corrected chi connectivity index (χ4v) is 0.831. The number of aliphatic hydroxyl groups is 2. The van der Waals surface area contributed by atoms with Crippen molar-refractivity contribution in [1.82, 2.24) is 5.32 Å². The number of nitrogens with one attached hydrogen (secondary N) is 1. The minimum absolute atomic E-state index is 0. The molecule has 0 saturated carbocycles. The van der Waals surface area contributed by atoms with E-state index < -0.39 is 23.4 Å². The molecule has 6 nitrogen and oxygen atoms in total. The second kappa shape index (κ2) is 8.03. The molecule has 0 aromatic rings. The van der Waals surface area contributed by atoms with E-state index in [-0.39, 0.29) is 49.1 Å². The standard InChI is InChI=1S/C9H17NO5.Na/c1-9(2,5-11)7(14)8(15)10-4-3-6(12)13;/h7,11,14H,3-5H2,1-2H3,(H,10,15)(H,12,13);/t7-;/m1./s1. The minimum Gasteiger partial charge on any atom is -0.481 e. The van der Waals surface area contributed by atoms with Gasteiger partial charge in [-0.15, -0.1) is 0 Å². The molecule has 0 saturated heterocycles. The van der Waals surface area contributed by atoms with Crippen LogP contribution in [0.5, 0.6) is 0 Å². The van der Waals surface area contributed by atoms with Gasteiger partial charge in [0.2, 0.25) is 5.91 Å². The van der Waals surface area contributed by atoms with Gasteiger partial charge in [0.1, 0.15) is 6.10 Å². The summed E-state index contributed by atoms with van der Waals surface area (Å²) in [7, 11) is 0. The van der Waals surface area contributed by atoms with Gasteiger partial charge in [0.25, 0.3) is 0 Å². The third kappa shape index (κ3) is 6.44. The van der Waals surface area contributed by atoms with Gasteiger partial charge in [0.15, 0.2) is 0 Å². The van der Waals surface area contributed by atoms with E-state index in [0.29, 0.717) is 0 Å². The first kappa shape index (κ1) is 18.2. The number of hydrogen-bond acceptors (Lipinski definition) is 4. The monoisotopic (exact) mass is 242 g/mol. The number of amides is 1. The number of carboxylic acid groups (broad SMARTS) is 1. The van der Waals surface area contributed by atoms with Gasteiger partial charge in [-0.3, -0.25) is 9.59 Å². The van der Waals surface area contributed by atoms with Crippen LogP contribution in [0.15, 0.2) is 0 Å². The Hall–Kier alpha value is -0.140. The second-order valence-corrected chi connectivity index (χ2v) is 3.98. The van der Waals surface area contributed by atoms with Gasteiger partial charge in [-0.1, -0.05) is 13.8 Å². The minimum atomic E-state index is -1.35. The molecule has 0 aromatic heterocycles. The molecule has 1 amide bonds. The van der Waals surface area contributed by atoms with Gasteiger partial charge in [-0.2, -0.15) is 0 Å². The normalized spacial score (nSPS) is 12.5. The smallest absolute Gasteiger partial charge is 0.305 e. The van der Waals surface area contributed by atoms with Crippen LogP contribution in [0, 0.1) is 5.41 Å². The van der Waals surface area contributed by atoms with Crippen LogP contribution in [-0.4, -0.2) is 76.0 Å². The van der Waals surface area contributed by atoms with Crippen LogP contribution in [0.2, 0.25) is 0 Å². The molecule has 0 aliphatic heterocycles. The molecule has 4 N–H and O–H groups in total. The molecule has 1 radical (unpaired) electrons. The van der Waals surface area contributed by atoms with Crippen molar-refractivity contribution in [2.45, 2.75) is 26.4 Å². The Balaban J connectivity index is 0. The van der Waals surface area contributed by atoms with Crippen molar-refractivity contribution in [3.8, 4) is 0 Å². The number of carbonyl (C=O) groups is 2. The van der Waals surface area contributed by atoms with Gasteiger partial charge in [0.05, 0.1) is 13.0 Å². The number of carbonyl (C=O) groups excluding carboxylic acids is 1. The Morgan fingerprint density at radius 1 is 1.38 bits per heavy atom. The first-order valence-corrected chi connectivity index (χ1v) is 4.59. The number of aliphatic carboxylic acids is 1. The second-order valence-electron chi connectivity index (χ2n) is 3.98. The predicted octanol–water partition coefficient (Wildman–Crippen LogP) is -1.42. The maximum Gasteiger partial charge on any atom is 0.305 e. The molecule has 7 heteroatoms. The van der Waals surface area contributed by atoms with Crippen LogP contribution in [-0.2, 0) is 9.59 Å². The van der Waals surface area contributed by atoms with Crippen LogP contribution in [0.1, 0.15) is 20.3 Å². The van der Waals surface area contributed by atoms with Crippen LogP contribution < -0.4 is 5.32 Å². The van der Waals surface area contributed by atoms with E-state index in [1.54, 1.807) is 0 Å². The Morgan fingerprint density at radius 3 is 2.25 bits per heavy atom. The fraction of sp³-hybridized carbons (Fsp3) is 0.778. The summed E-state index contributed by atoms with van der Waals surface area (Å²) in [5, 5.41) is 29.0. The third-order valence-corrected chi connectivity index (χ3v) is 2.03. The average molecular weight is 242 g/mol. The molecule has 0 aliphatic carbocycles. The first-order valence-electron chi connectivity index (χ1n) is 4.59. The Morgan fingerprint density at radius 2 is 1.88 bits per heavy atom. The molecular weight excluding hydrogens is 225 g/mol. The number of rotatable bonds is 6. The van der Waals surface area contributed by atoms with Crippen LogP contribution >= 0.6 is 0 Å². The summed E-state index contributed by atoms with van der Waals surface area (Å²) < 4.78 is 0. The van der Waals surface area contributed by atoms with E-state index in [4.69, 9.17) is 10.2 Å². The van der Waals surface area contributed by atoms with Gasteiger partial charge < -0.3 is 20.6 Å². The van der Waals surface area contributed by atoms with Crippen LogP contribution in [0.25, 0.3) is 0 Å². The molecule has 89 valence electrons. The molecule has 0 heterocycles. The molecule has 1 atom stereocenters. The van der Waals surface area contributed by atoms with Gasteiger partial charge in [-0.25, -0.2) is 0 Å². The van der Waals surface area contributed by atoms with E-state index in [1.807, 2.05) is 0 Å². The van der Waals surface area contributed by atoms with Crippen molar-refractivity contribution >= 4 is 41.4 Å². The predicted molar refractivity (Wildman–Crippen MR) is 57.9 cm³/mol. The first-order chi connectivity index (χ1) is 6.81. The summed E-state index contributed by atoms with van der Waals surface area (Å²) >= 11 is 0. The summed E-state index contributed by atoms with van der Waals surface area (Å²) in [4.78, 5) is 21.4. The molecule has 0 spiro atoms. The van der Waals surface area contributed by atoms with Crippen molar-refractivity contribution in [2.24, 2.45) is 5.41 Å². The maximum absolute atomic E-state index is 11.3. The van der Waals surface area contributed by atoms with Crippen molar-refractivity contribution in [3.63, 3.8) is 0 Å². The van der Waals surface area contributed by atoms with E-state index in [1.165, 1.54) is 13.8 Å². The number of aliphatic hydroxyl groups excluding tert-OH is 2. The molecule has 0 fully saturated rings. The van der Waals surface area contributed by atoms with Crippen molar-refractivity contribution in [3.05, 3.63) is 0 Å². The summed E-state index contributed by atoms with van der Waals surface area (Å²) in [5.74, 6) is -1.69. The Kier molecular flexibility index (Phi) is 9.14. The van der Waals surface area contributed by atoms with Crippen molar-refractivity contribution in [1.29, 1.82) is 0 Å². The summed E-state index contributed by atoms with van der Waals surface area (Å²) in [6, 6.07) is 0. The van der Waals surface area contributed by atoms with E-state index in [2.05, 4.69) is 5.32 Å². The third-order valence-electron chi connectivity index (χ3n) is 2.03. The number of hydrogen-bond donors (Lipinski definition) is 4. The van der Waals surface area contributed by atoms with E-state index >= 15 is 0 Å². The zero-order chi connectivity index (χ0) is 12.1. The van der Waals surface area contributed by atoms with E-state index in [9.17, 15) is 14.7 Å². The molecule has 0 aromatic carbocycles. The summed E-state index contributed by atoms with van der Waals surface area (Å²) in [6.07, 6.45) is -1.55. The topological polar surface area (TPSA) is 107 Å². The van der Waals surface area contributed by atoms with Crippen LogP contribution in [0.4, 0.5) is 0 Å². The SMILES string of the molecule is CC(C)(CO)[C@H](O)C(=O)NCCC(=O)O.[Na]. The van der Waals surface area contributed by atoms with Crippen molar-refractivity contribution in [2.75, 3.05) is 13.2 Å². The molecule has 0 unspecified atom stereocenters. The quantitative estimate of drug-likeness (QED) is 0.427.